The second kappa shape index (κ2) is 5.23. The zero-order valence-corrected chi connectivity index (χ0v) is 9.63. The number of carbonyl (C=O) groups is 1. The van der Waals surface area contributed by atoms with Crippen LogP contribution in [0, 0.1) is 0 Å². The summed E-state index contributed by atoms with van der Waals surface area (Å²) in [6.45, 7) is 0.237. The van der Waals surface area contributed by atoms with Gasteiger partial charge in [-0.1, -0.05) is 36.4 Å². The predicted molar refractivity (Wildman–Crippen MR) is 68.4 cm³/mol. The summed E-state index contributed by atoms with van der Waals surface area (Å²) in [4.78, 5) is 10.5. The standard InChI is InChI=1S/C14H13NO3/c16-12-6-3-5-10(8-12)13-7-2-1-4-11(13)9-15-14(17)18/h1-8,15-16H,9H2,(H,17,18). The van der Waals surface area contributed by atoms with Gasteiger partial charge < -0.3 is 15.5 Å². The molecule has 1 amide bonds. The Balaban J connectivity index is 2.35. The van der Waals surface area contributed by atoms with Crippen LogP contribution in [-0.2, 0) is 6.54 Å². The maximum absolute atomic E-state index is 10.5. The average Bonchev–Trinajstić information content (AvgIpc) is 2.36. The van der Waals surface area contributed by atoms with Crippen LogP contribution in [0.3, 0.4) is 0 Å². The molecule has 18 heavy (non-hydrogen) atoms. The molecule has 0 unspecified atom stereocenters. The number of phenolic OH excluding ortho intramolecular Hbond substituents is 1. The van der Waals surface area contributed by atoms with Gasteiger partial charge in [0.05, 0.1) is 0 Å². The zero-order valence-electron chi connectivity index (χ0n) is 9.63. The number of carboxylic acid groups (broad SMARTS) is 1. The maximum Gasteiger partial charge on any atom is 0.404 e. The van der Waals surface area contributed by atoms with E-state index >= 15 is 0 Å². The molecule has 0 aliphatic carbocycles. The highest BCUT2D eigenvalue weighted by atomic mass is 16.4. The molecule has 4 heteroatoms. The first-order valence-corrected chi connectivity index (χ1v) is 5.51. The lowest BCUT2D eigenvalue weighted by molar-refractivity contribution is 0.194. The van der Waals surface area contributed by atoms with Crippen molar-refractivity contribution in [2.45, 2.75) is 6.54 Å². The van der Waals surface area contributed by atoms with Crippen molar-refractivity contribution in [1.29, 1.82) is 0 Å². The third-order valence-corrected chi connectivity index (χ3v) is 2.60. The monoisotopic (exact) mass is 243 g/mol. The molecule has 0 aliphatic heterocycles. The summed E-state index contributed by atoms with van der Waals surface area (Å²) in [5.41, 5.74) is 2.63. The van der Waals surface area contributed by atoms with Gasteiger partial charge in [-0.15, -0.1) is 0 Å². The Morgan fingerprint density at radius 1 is 1.11 bits per heavy atom. The SMILES string of the molecule is O=C(O)NCc1ccccc1-c1cccc(O)c1. The van der Waals surface area contributed by atoms with E-state index in [1.807, 2.05) is 30.3 Å². The molecule has 0 saturated heterocycles. The summed E-state index contributed by atoms with van der Waals surface area (Å²) in [5, 5.41) is 20.4. The molecule has 0 bridgehead atoms. The highest BCUT2D eigenvalue weighted by Gasteiger charge is 2.06. The highest BCUT2D eigenvalue weighted by molar-refractivity contribution is 5.70. The molecule has 0 aliphatic rings. The minimum absolute atomic E-state index is 0.188. The van der Waals surface area contributed by atoms with E-state index in [-0.39, 0.29) is 12.3 Å². The Bertz CT molecular complexity index is 566. The van der Waals surface area contributed by atoms with Gasteiger partial charge in [-0.05, 0) is 28.8 Å². The number of hydrogen-bond acceptors (Lipinski definition) is 2. The number of nitrogens with one attached hydrogen (secondary N) is 1. The average molecular weight is 243 g/mol. The normalized spacial score (nSPS) is 10.0. The van der Waals surface area contributed by atoms with Crippen molar-refractivity contribution in [3.05, 3.63) is 54.1 Å². The summed E-state index contributed by atoms with van der Waals surface area (Å²) in [6, 6.07) is 14.4. The first kappa shape index (κ1) is 12.0. The number of hydrogen-bond donors (Lipinski definition) is 3. The lowest BCUT2D eigenvalue weighted by atomic mass is 9.99. The first-order valence-electron chi connectivity index (χ1n) is 5.51. The topological polar surface area (TPSA) is 69.6 Å². The molecule has 0 radical (unpaired) electrons. The molecule has 2 rings (SSSR count). The van der Waals surface area contributed by atoms with E-state index in [9.17, 15) is 9.90 Å². The Kier molecular flexibility index (Phi) is 3.48. The molecular formula is C14H13NO3. The first-order chi connectivity index (χ1) is 8.66. The third kappa shape index (κ3) is 2.79. The van der Waals surface area contributed by atoms with Gasteiger partial charge in [0.25, 0.3) is 0 Å². The van der Waals surface area contributed by atoms with Gasteiger partial charge in [0.1, 0.15) is 5.75 Å². The third-order valence-electron chi connectivity index (χ3n) is 2.60. The van der Waals surface area contributed by atoms with E-state index < -0.39 is 6.09 Å². The Morgan fingerprint density at radius 2 is 1.89 bits per heavy atom. The lowest BCUT2D eigenvalue weighted by Gasteiger charge is -2.09. The van der Waals surface area contributed by atoms with Gasteiger partial charge in [0.15, 0.2) is 0 Å². The molecule has 0 aromatic heterocycles. The number of rotatable bonds is 3. The highest BCUT2D eigenvalue weighted by Crippen LogP contribution is 2.26. The van der Waals surface area contributed by atoms with Crippen LogP contribution in [0.2, 0.25) is 0 Å². The van der Waals surface area contributed by atoms with E-state index in [0.29, 0.717) is 0 Å². The molecule has 0 fully saturated rings. The molecule has 0 atom stereocenters. The minimum Gasteiger partial charge on any atom is -0.508 e. The van der Waals surface area contributed by atoms with Crippen LogP contribution >= 0.6 is 0 Å². The number of amides is 1. The van der Waals surface area contributed by atoms with Crippen LogP contribution in [0.15, 0.2) is 48.5 Å². The molecule has 2 aromatic carbocycles. The molecule has 3 N–H and O–H groups in total. The molecule has 0 heterocycles. The van der Waals surface area contributed by atoms with Crippen molar-refractivity contribution in [2.24, 2.45) is 0 Å². The van der Waals surface area contributed by atoms with E-state index in [0.717, 1.165) is 16.7 Å². The van der Waals surface area contributed by atoms with Gasteiger partial charge in [0, 0.05) is 6.54 Å². The second-order valence-electron chi connectivity index (χ2n) is 3.87. The van der Waals surface area contributed by atoms with Gasteiger partial charge in [-0.2, -0.15) is 0 Å². The van der Waals surface area contributed by atoms with E-state index in [2.05, 4.69) is 5.32 Å². The number of benzene rings is 2. The van der Waals surface area contributed by atoms with Crippen molar-refractivity contribution in [3.63, 3.8) is 0 Å². The molecule has 0 spiro atoms. The fourth-order valence-corrected chi connectivity index (χ4v) is 1.80. The van der Waals surface area contributed by atoms with Gasteiger partial charge in [-0.3, -0.25) is 0 Å². The van der Waals surface area contributed by atoms with Crippen LogP contribution < -0.4 is 5.32 Å². The van der Waals surface area contributed by atoms with Crippen LogP contribution in [0.25, 0.3) is 11.1 Å². The summed E-state index contributed by atoms with van der Waals surface area (Å²) in [7, 11) is 0. The van der Waals surface area contributed by atoms with E-state index in [1.54, 1.807) is 18.2 Å². The van der Waals surface area contributed by atoms with Crippen LogP contribution in [0.1, 0.15) is 5.56 Å². The number of phenols is 1. The van der Waals surface area contributed by atoms with E-state index in [1.165, 1.54) is 0 Å². The van der Waals surface area contributed by atoms with Crippen molar-refractivity contribution in [3.8, 4) is 16.9 Å². The van der Waals surface area contributed by atoms with E-state index in [4.69, 9.17) is 5.11 Å². The summed E-state index contributed by atoms with van der Waals surface area (Å²) in [5.74, 6) is 0.188. The van der Waals surface area contributed by atoms with Crippen LogP contribution in [0.5, 0.6) is 5.75 Å². The van der Waals surface area contributed by atoms with Crippen molar-refractivity contribution in [1.82, 2.24) is 5.32 Å². The lowest BCUT2D eigenvalue weighted by Crippen LogP contribution is -2.20. The van der Waals surface area contributed by atoms with Crippen molar-refractivity contribution in [2.75, 3.05) is 0 Å². The Labute approximate surface area is 105 Å². The fourth-order valence-electron chi connectivity index (χ4n) is 1.80. The molecule has 4 nitrogen and oxygen atoms in total. The zero-order chi connectivity index (χ0) is 13.0. The van der Waals surface area contributed by atoms with Crippen molar-refractivity contribution < 1.29 is 15.0 Å². The summed E-state index contributed by atoms with van der Waals surface area (Å²) >= 11 is 0. The van der Waals surface area contributed by atoms with Crippen LogP contribution in [0.4, 0.5) is 4.79 Å². The number of aromatic hydroxyl groups is 1. The molecule has 92 valence electrons. The Hall–Kier alpha value is -2.49. The molecular weight excluding hydrogens is 230 g/mol. The van der Waals surface area contributed by atoms with Crippen molar-refractivity contribution >= 4 is 6.09 Å². The fraction of sp³-hybridized carbons (Fsp3) is 0.0714. The summed E-state index contributed by atoms with van der Waals surface area (Å²) in [6.07, 6.45) is -1.05. The van der Waals surface area contributed by atoms with Crippen LogP contribution in [-0.4, -0.2) is 16.3 Å². The maximum atomic E-state index is 10.5. The second-order valence-corrected chi connectivity index (χ2v) is 3.87. The Morgan fingerprint density at radius 3 is 2.61 bits per heavy atom. The molecule has 0 saturated carbocycles. The summed E-state index contributed by atoms with van der Waals surface area (Å²) < 4.78 is 0. The quantitative estimate of drug-likeness (QED) is 0.776. The van der Waals surface area contributed by atoms with Gasteiger partial charge in [0.2, 0.25) is 0 Å². The smallest absolute Gasteiger partial charge is 0.404 e. The minimum atomic E-state index is -1.05. The molecule has 2 aromatic rings. The van der Waals surface area contributed by atoms with Gasteiger partial charge >= 0.3 is 6.09 Å². The largest absolute Gasteiger partial charge is 0.508 e. The van der Waals surface area contributed by atoms with Gasteiger partial charge in [-0.25, -0.2) is 4.79 Å². The predicted octanol–water partition coefficient (Wildman–Crippen LogP) is 2.83.